The van der Waals surface area contributed by atoms with E-state index in [9.17, 15) is 19.5 Å². The van der Waals surface area contributed by atoms with E-state index in [0.29, 0.717) is 58.8 Å². The average Bonchev–Trinajstić information content (AvgIpc) is 3.72. The Morgan fingerprint density at radius 3 is 2.24 bits per heavy atom. The Morgan fingerprint density at radius 2 is 1.61 bits per heavy atom. The third-order valence-electron chi connectivity index (χ3n) is 10.5. The van der Waals surface area contributed by atoms with Crippen LogP contribution in [0.15, 0.2) is 86.0 Å². The zero-order valence-corrected chi connectivity index (χ0v) is 29.5. The summed E-state index contributed by atoms with van der Waals surface area (Å²) >= 11 is 3.81. The largest absolute Gasteiger partial charge is 0.394 e. The van der Waals surface area contributed by atoms with Crippen molar-refractivity contribution < 1.29 is 29.0 Å². The van der Waals surface area contributed by atoms with E-state index >= 15 is 0 Å². The van der Waals surface area contributed by atoms with E-state index in [4.69, 9.17) is 9.47 Å². The minimum atomic E-state index is -1.25. The fourth-order valence-electron chi connectivity index (χ4n) is 8.27. The van der Waals surface area contributed by atoms with Crippen LogP contribution >= 0.6 is 15.9 Å². The number of ether oxygens (including phenoxy) is 2. The number of benzene rings is 2. The normalized spacial score (nSPS) is 28.2. The summed E-state index contributed by atoms with van der Waals surface area (Å²) < 4.78 is 12.4. The quantitative estimate of drug-likeness (QED) is 0.222. The molecule has 4 aliphatic rings. The molecule has 0 radical (unpaired) electrons. The number of rotatable bonds is 15. The maximum absolute atomic E-state index is 15.0. The molecule has 7 atom stereocenters. The number of likely N-dealkylation sites (tertiary alicyclic amines) is 1. The Morgan fingerprint density at radius 1 is 0.980 bits per heavy atom. The summed E-state index contributed by atoms with van der Waals surface area (Å²) in [5, 5.41) is 10.9. The third kappa shape index (κ3) is 7.01. The number of nitrogens with zero attached hydrogens (tertiary/aromatic N) is 4. The molecule has 3 unspecified atom stereocenters. The monoisotopic (exact) mass is 734 g/mol. The van der Waals surface area contributed by atoms with Crippen LogP contribution < -0.4 is 0 Å². The van der Waals surface area contributed by atoms with Gasteiger partial charge in [-0.1, -0.05) is 88.7 Å². The number of carbonyl (C=O) groups excluding carboxylic acids is 3. The molecule has 2 aromatic rings. The number of fused-ring (bicyclic) bond motifs is 1. The van der Waals surface area contributed by atoms with Crippen LogP contribution in [0.2, 0.25) is 0 Å². The molecule has 0 aliphatic carbocycles. The lowest BCUT2D eigenvalue weighted by Gasteiger charge is -2.40. The molecule has 4 fully saturated rings. The summed E-state index contributed by atoms with van der Waals surface area (Å²) in [5.41, 5.74) is 0.645. The molecule has 1 spiro atoms. The van der Waals surface area contributed by atoms with E-state index in [2.05, 4.69) is 34.0 Å². The molecule has 262 valence electrons. The lowest BCUT2D eigenvalue weighted by Crippen LogP contribution is -2.60. The molecule has 4 saturated heterocycles. The predicted octanol–water partition coefficient (Wildman–Crippen LogP) is 2.90. The molecule has 0 aromatic heterocycles. The number of amides is 3. The first kappa shape index (κ1) is 35.5. The molecular weight excluding hydrogens is 688 g/mol. The molecule has 49 heavy (non-hydrogen) atoms. The van der Waals surface area contributed by atoms with Gasteiger partial charge >= 0.3 is 0 Å². The second kappa shape index (κ2) is 15.7. The van der Waals surface area contributed by atoms with Crippen LogP contribution in [-0.2, 0) is 36.8 Å². The van der Waals surface area contributed by atoms with Gasteiger partial charge in [-0.05, 0) is 24.0 Å². The van der Waals surface area contributed by atoms with Gasteiger partial charge < -0.3 is 29.3 Å². The molecule has 1 N–H and O–H groups in total. The third-order valence-corrected chi connectivity index (χ3v) is 11.3. The van der Waals surface area contributed by atoms with Crippen LogP contribution in [0, 0.1) is 11.8 Å². The number of morpholine rings is 1. The predicted molar refractivity (Wildman–Crippen MR) is 190 cm³/mol. The zero-order chi connectivity index (χ0) is 34.5. The Kier molecular flexibility index (Phi) is 11.4. The van der Waals surface area contributed by atoms with Gasteiger partial charge in [0.05, 0.1) is 43.8 Å². The fourth-order valence-corrected chi connectivity index (χ4v) is 9.21. The first-order valence-corrected chi connectivity index (χ1v) is 18.2. The lowest BCUT2D eigenvalue weighted by molar-refractivity contribution is -0.152. The number of hydrogen-bond acceptors (Lipinski definition) is 7. The summed E-state index contributed by atoms with van der Waals surface area (Å²) in [6.45, 7) is 12.4. The summed E-state index contributed by atoms with van der Waals surface area (Å²) in [6, 6.07) is 17.6. The maximum Gasteiger partial charge on any atom is 0.248 e. The van der Waals surface area contributed by atoms with Crippen LogP contribution in [0.1, 0.15) is 17.5 Å². The molecule has 2 bridgehead atoms. The Labute approximate surface area is 297 Å². The number of hydrogen-bond donors (Lipinski definition) is 1. The van der Waals surface area contributed by atoms with Gasteiger partial charge in [-0.15, -0.1) is 13.2 Å². The Balaban J connectivity index is 1.37. The van der Waals surface area contributed by atoms with E-state index in [0.717, 1.165) is 24.2 Å². The summed E-state index contributed by atoms with van der Waals surface area (Å²) in [7, 11) is 0. The van der Waals surface area contributed by atoms with Crippen molar-refractivity contribution in [2.75, 3.05) is 59.1 Å². The summed E-state index contributed by atoms with van der Waals surface area (Å²) in [4.78, 5) is 51.6. The first-order chi connectivity index (χ1) is 23.8. The van der Waals surface area contributed by atoms with Gasteiger partial charge in [-0.3, -0.25) is 19.3 Å². The zero-order valence-electron chi connectivity index (χ0n) is 27.9. The van der Waals surface area contributed by atoms with Crippen molar-refractivity contribution in [3.8, 4) is 0 Å². The van der Waals surface area contributed by atoms with Gasteiger partial charge in [0.15, 0.2) is 0 Å². The fraction of sp³-hybridized carbons (Fsp3) is 0.500. The van der Waals surface area contributed by atoms with Crippen molar-refractivity contribution in [2.45, 2.75) is 48.0 Å². The summed E-state index contributed by atoms with van der Waals surface area (Å²) in [6.07, 6.45) is 3.53. The highest BCUT2D eigenvalue weighted by atomic mass is 79.9. The molecule has 3 amide bonds. The lowest BCUT2D eigenvalue weighted by atomic mass is 9.70. The molecule has 2 aromatic carbocycles. The first-order valence-electron chi connectivity index (χ1n) is 17.2. The van der Waals surface area contributed by atoms with E-state index < -0.39 is 35.6 Å². The minimum absolute atomic E-state index is 0.204. The van der Waals surface area contributed by atoms with Crippen molar-refractivity contribution in [3.05, 3.63) is 97.1 Å². The van der Waals surface area contributed by atoms with Crippen LogP contribution in [0.4, 0.5) is 0 Å². The highest BCUT2D eigenvalue weighted by Crippen LogP contribution is 2.61. The summed E-state index contributed by atoms with van der Waals surface area (Å²) in [5.74, 6) is -2.47. The van der Waals surface area contributed by atoms with Crippen molar-refractivity contribution in [3.63, 3.8) is 0 Å². The number of aliphatic hydroxyl groups is 1. The average molecular weight is 736 g/mol. The number of carbonyl (C=O) groups is 3. The van der Waals surface area contributed by atoms with Crippen molar-refractivity contribution in [1.82, 2.24) is 19.6 Å². The maximum atomic E-state index is 15.0. The van der Waals surface area contributed by atoms with Gasteiger partial charge in [-0.25, -0.2) is 0 Å². The minimum Gasteiger partial charge on any atom is -0.394 e. The number of alkyl halides is 1. The van der Waals surface area contributed by atoms with Crippen LogP contribution in [0.3, 0.4) is 0 Å². The van der Waals surface area contributed by atoms with Gasteiger partial charge in [-0.2, -0.15) is 0 Å². The van der Waals surface area contributed by atoms with Crippen LogP contribution in [-0.4, -0.2) is 130 Å². The van der Waals surface area contributed by atoms with Gasteiger partial charge in [0.1, 0.15) is 11.6 Å². The Bertz CT molecular complexity index is 1490. The Hall–Kier alpha value is -3.35. The SMILES string of the molecule is C=CCN(CCN1CCOCC1)C(=O)C1N([C@@H](CO)Cc2ccccc2)C(=O)[C@@H]2[C@H](C(=O)N(CC=C)Cc3ccccc3)[C@H]3OC12CC3Br. The molecule has 4 heterocycles. The van der Waals surface area contributed by atoms with Gasteiger partial charge in [0.25, 0.3) is 0 Å². The van der Waals surface area contributed by atoms with Gasteiger partial charge in [0.2, 0.25) is 17.7 Å². The highest BCUT2D eigenvalue weighted by molar-refractivity contribution is 9.09. The van der Waals surface area contributed by atoms with Crippen molar-refractivity contribution >= 4 is 33.7 Å². The smallest absolute Gasteiger partial charge is 0.248 e. The van der Waals surface area contributed by atoms with Crippen molar-refractivity contribution in [1.29, 1.82) is 0 Å². The van der Waals surface area contributed by atoms with Crippen LogP contribution in [0.25, 0.3) is 0 Å². The second-order valence-corrected chi connectivity index (χ2v) is 14.6. The standard InChI is InChI=1S/C38H47BrN4O6/c1-3-15-41(18-17-40-19-21-48-22-20-40)37(47)34-38-24-30(39)33(49-38)31(35(45)42(16-4-2)25-28-13-9-6-10-14-28)32(38)36(46)43(34)29(26-44)23-27-11-7-5-8-12-27/h3-14,29-34,44H,1-2,15-26H2/t29-,30?,31+,32+,33+,34?,38?/m1/s1. The molecule has 0 saturated carbocycles. The van der Waals surface area contributed by atoms with Gasteiger partial charge in [0, 0.05) is 50.6 Å². The second-order valence-electron chi connectivity index (χ2n) is 13.5. The molecule has 4 aliphatic heterocycles. The van der Waals surface area contributed by atoms with Crippen molar-refractivity contribution in [2.24, 2.45) is 11.8 Å². The van der Waals surface area contributed by atoms with E-state index in [1.165, 1.54) is 0 Å². The number of aliphatic hydroxyl groups excluding tert-OH is 1. The molecule has 6 rings (SSSR count). The van der Waals surface area contributed by atoms with E-state index in [-0.39, 0.29) is 29.2 Å². The topological polar surface area (TPSA) is 103 Å². The number of halogens is 1. The van der Waals surface area contributed by atoms with E-state index in [1.54, 1.807) is 26.9 Å². The highest BCUT2D eigenvalue weighted by Gasteiger charge is 2.77. The molecule has 10 nitrogen and oxygen atoms in total. The molecular formula is C38H47BrN4O6. The van der Waals surface area contributed by atoms with Crippen LogP contribution in [0.5, 0.6) is 0 Å². The van der Waals surface area contributed by atoms with E-state index in [1.807, 2.05) is 60.7 Å². The molecule has 11 heteroatoms.